The minimum absolute atomic E-state index is 0.00934. The van der Waals surface area contributed by atoms with E-state index in [0.717, 1.165) is 0 Å². The third-order valence-corrected chi connectivity index (χ3v) is 4.94. The Hall–Kier alpha value is -2.83. The van der Waals surface area contributed by atoms with Gasteiger partial charge in [-0.25, -0.2) is 0 Å². The zero-order valence-electron chi connectivity index (χ0n) is 16.1. The van der Waals surface area contributed by atoms with Gasteiger partial charge in [-0.05, 0) is 49.2 Å². The van der Waals surface area contributed by atoms with E-state index in [1.165, 1.54) is 32.0 Å². The molecule has 0 saturated heterocycles. The molecule has 0 radical (unpaired) electrons. The average molecular weight is 475 g/mol. The summed E-state index contributed by atoms with van der Waals surface area (Å²) in [4.78, 5) is 22.7. The largest absolute Gasteiger partial charge is 0.481 e. The molecular weight excluding hydrogens is 460 g/mol. The lowest BCUT2D eigenvalue weighted by Crippen LogP contribution is -2.20. The highest BCUT2D eigenvalue weighted by atomic mass is 35.5. The van der Waals surface area contributed by atoms with Crippen LogP contribution in [0.5, 0.6) is 11.5 Å². The molecule has 2 aromatic rings. The fourth-order valence-electron chi connectivity index (χ4n) is 2.79. The van der Waals surface area contributed by atoms with Gasteiger partial charge in [-0.1, -0.05) is 34.4 Å². The molecule has 0 aliphatic carbocycles. The molecule has 1 N–H and O–H groups in total. The number of hydrogen-bond acceptors (Lipinski definition) is 5. The molecule has 0 aliphatic rings. The first-order valence-electron chi connectivity index (χ1n) is 8.62. The van der Waals surface area contributed by atoms with Crippen LogP contribution in [0.3, 0.4) is 0 Å². The van der Waals surface area contributed by atoms with E-state index in [-0.39, 0.29) is 22.6 Å². The first-order chi connectivity index (χ1) is 14.3. The van der Waals surface area contributed by atoms with Gasteiger partial charge in [-0.3, -0.25) is 4.79 Å². The van der Waals surface area contributed by atoms with Crippen LogP contribution in [0.4, 0.5) is 13.2 Å². The van der Waals surface area contributed by atoms with Crippen molar-refractivity contribution in [2.24, 2.45) is 10.6 Å². The summed E-state index contributed by atoms with van der Waals surface area (Å²) in [6, 6.07) is 5.99. The maximum atomic E-state index is 12.9. The Balaban J connectivity index is 2.56. The Morgan fingerprint density at radius 2 is 1.81 bits per heavy atom. The first kappa shape index (κ1) is 24.4. The van der Waals surface area contributed by atoms with Gasteiger partial charge in [-0.15, -0.1) is 0 Å². The SMILES string of the molecule is CC(C)(C#N)C(N=O)c1cc(Oc2c(Cl)cc(C(F)(F)F)cc2Cl)ccc1CC(=O)O. The van der Waals surface area contributed by atoms with E-state index in [0.29, 0.717) is 12.1 Å². The van der Waals surface area contributed by atoms with Gasteiger partial charge in [0.25, 0.3) is 0 Å². The molecule has 0 spiro atoms. The third kappa shape index (κ3) is 5.66. The summed E-state index contributed by atoms with van der Waals surface area (Å²) >= 11 is 11.8. The molecule has 0 saturated carbocycles. The van der Waals surface area contributed by atoms with E-state index in [9.17, 15) is 28.1 Å². The number of rotatable bonds is 7. The first-order valence-corrected chi connectivity index (χ1v) is 9.38. The predicted molar refractivity (Wildman–Crippen MR) is 107 cm³/mol. The second kappa shape index (κ2) is 9.12. The summed E-state index contributed by atoms with van der Waals surface area (Å²) in [6.45, 7) is 2.92. The van der Waals surface area contributed by atoms with E-state index in [1.807, 2.05) is 6.07 Å². The third-order valence-electron chi connectivity index (χ3n) is 4.38. The number of nitroso groups, excluding NO2 is 1. The van der Waals surface area contributed by atoms with E-state index in [1.54, 1.807) is 0 Å². The highest BCUT2D eigenvalue weighted by Gasteiger charge is 2.35. The lowest BCUT2D eigenvalue weighted by Gasteiger charge is -2.24. The lowest BCUT2D eigenvalue weighted by atomic mass is 9.80. The van der Waals surface area contributed by atoms with Gasteiger partial charge in [-0.2, -0.15) is 23.3 Å². The van der Waals surface area contributed by atoms with Crippen molar-refractivity contribution in [3.05, 3.63) is 62.0 Å². The van der Waals surface area contributed by atoms with Gasteiger partial charge >= 0.3 is 12.1 Å². The van der Waals surface area contributed by atoms with Crippen molar-refractivity contribution in [3.63, 3.8) is 0 Å². The Morgan fingerprint density at radius 3 is 2.26 bits per heavy atom. The van der Waals surface area contributed by atoms with Crippen molar-refractivity contribution >= 4 is 29.2 Å². The Labute approximate surface area is 185 Å². The smallest absolute Gasteiger partial charge is 0.416 e. The Kier molecular flexibility index (Phi) is 7.19. The topological polar surface area (TPSA) is 99.8 Å². The van der Waals surface area contributed by atoms with Crippen molar-refractivity contribution in [2.75, 3.05) is 0 Å². The number of carbonyl (C=O) groups is 1. The number of nitriles is 1. The second-order valence-corrected chi connectivity index (χ2v) is 7.96. The molecule has 0 aromatic heterocycles. The molecule has 2 rings (SSSR count). The van der Waals surface area contributed by atoms with E-state index < -0.39 is 45.6 Å². The van der Waals surface area contributed by atoms with Crippen LogP contribution in [0.15, 0.2) is 35.5 Å². The van der Waals surface area contributed by atoms with Crippen molar-refractivity contribution in [1.82, 2.24) is 0 Å². The number of ether oxygens (including phenoxy) is 1. The van der Waals surface area contributed by atoms with Crippen LogP contribution in [0.25, 0.3) is 0 Å². The van der Waals surface area contributed by atoms with Crippen molar-refractivity contribution in [1.29, 1.82) is 5.26 Å². The zero-order valence-corrected chi connectivity index (χ0v) is 17.6. The Bertz CT molecular complexity index is 1040. The van der Waals surface area contributed by atoms with Gasteiger partial charge in [0.15, 0.2) is 5.75 Å². The molecule has 0 amide bonds. The van der Waals surface area contributed by atoms with Crippen LogP contribution >= 0.6 is 23.2 Å². The number of benzene rings is 2. The summed E-state index contributed by atoms with van der Waals surface area (Å²) < 4.78 is 44.3. The summed E-state index contributed by atoms with van der Waals surface area (Å²) in [7, 11) is 0. The van der Waals surface area contributed by atoms with Crippen LogP contribution in [-0.2, 0) is 17.4 Å². The molecule has 164 valence electrons. The highest BCUT2D eigenvalue weighted by Crippen LogP contribution is 2.43. The normalized spacial score (nSPS) is 12.7. The molecule has 0 bridgehead atoms. The standard InChI is InChI=1S/C20H15Cl2F3N2O4/c1-19(2,9-26)18(27-30)13-8-12(4-3-10(13)5-16(28)29)31-17-14(21)6-11(7-15(17)22)20(23,24)25/h3-4,6-8,18H,5H2,1-2H3,(H,28,29). The maximum absolute atomic E-state index is 12.9. The number of hydrogen-bond donors (Lipinski definition) is 1. The highest BCUT2D eigenvalue weighted by molar-refractivity contribution is 6.37. The second-order valence-electron chi connectivity index (χ2n) is 7.14. The quantitative estimate of drug-likeness (QED) is 0.445. The molecule has 0 aliphatic heterocycles. The van der Waals surface area contributed by atoms with Crippen molar-refractivity contribution < 1.29 is 27.8 Å². The minimum Gasteiger partial charge on any atom is -0.481 e. The number of nitrogens with zero attached hydrogens (tertiary/aromatic N) is 2. The van der Waals surface area contributed by atoms with E-state index >= 15 is 0 Å². The Morgan fingerprint density at radius 1 is 1.23 bits per heavy atom. The van der Waals surface area contributed by atoms with Gasteiger partial charge < -0.3 is 9.84 Å². The molecule has 6 nitrogen and oxygen atoms in total. The summed E-state index contributed by atoms with van der Waals surface area (Å²) in [6.07, 6.45) is -5.12. The monoisotopic (exact) mass is 474 g/mol. The van der Waals surface area contributed by atoms with E-state index in [4.69, 9.17) is 33.0 Å². The summed E-state index contributed by atoms with van der Waals surface area (Å²) in [5.41, 5.74) is -2.00. The minimum atomic E-state index is -4.66. The number of alkyl halides is 3. The summed E-state index contributed by atoms with van der Waals surface area (Å²) in [5.74, 6) is -1.43. The van der Waals surface area contributed by atoms with Crippen LogP contribution in [0.2, 0.25) is 10.0 Å². The molecule has 31 heavy (non-hydrogen) atoms. The number of aliphatic carboxylic acids is 1. The van der Waals surface area contributed by atoms with Gasteiger partial charge in [0.1, 0.15) is 11.8 Å². The lowest BCUT2D eigenvalue weighted by molar-refractivity contribution is -0.138. The summed E-state index contributed by atoms with van der Waals surface area (Å²) in [5, 5.41) is 20.7. The fourth-order valence-corrected chi connectivity index (χ4v) is 3.36. The van der Waals surface area contributed by atoms with Crippen LogP contribution in [0.1, 0.15) is 36.6 Å². The molecule has 1 atom stereocenters. The number of carboxylic acid groups (broad SMARTS) is 1. The molecular formula is C20H15Cl2F3N2O4. The van der Waals surface area contributed by atoms with Gasteiger partial charge in [0.05, 0.1) is 33.5 Å². The molecule has 2 aromatic carbocycles. The van der Waals surface area contributed by atoms with E-state index in [2.05, 4.69) is 5.18 Å². The average Bonchev–Trinajstić information content (AvgIpc) is 2.65. The molecule has 0 fully saturated rings. The predicted octanol–water partition coefficient (Wildman–Crippen LogP) is 6.79. The van der Waals surface area contributed by atoms with Crippen LogP contribution < -0.4 is 4.74 Å². The molecule has 0 heterocycles. The van der Waals surface area contributed by atoms with Gasteiger partial charge in [0, 0.05) is 0 Å². The van der Waals surface area contributed by atoms with Crippen LogP contribution in [0, 0.1) is 21.7 Å². The van der Waals surface area contributed by atoms with Gasteiger partial charge in [0.2, 0.25) is 0 Å². The fraction of sp³-hybridized carbons (Fsp3) is 0.300. The number of halogens is 5. The molecule has 11 heteroatoms. The zero-order chi connectivity index (χ0) is 23.6. The van der Waals surface area contributed by atoms with Crippen molar-refractivity contribution in [2.45, 2.75) is 32.5 Å². The van der Waals surface area contributed by atoms with Crippen molar-refractivity contribution in [3.8, 4) is 17.6 Å². The number of carboxylic acids is 1. The van der Waals surface area contributed by atoms with Crippen LogP contribution in [-0.4, -0.2) is 11.1 Å². The molecule has 1 unspecified atom stereocenters. The maximum Gasteiger partial charge on any atom is 0.416 e.